The number of amides is 2. The number of aromatic nitrogens is 1. The van der Waals surface area contributed by atoms with E-state index in [2.05, 4.69) is 10.3 Å². The van der Waals surface area contributed by atoms with Crippen molar-refractivity contribution in [2.24, 2.45) is 0 Å². The molecule has 3 rings (SSSR count). The van der Waals surface area contributed by atoms with Crippen LogP contribution in [0.4, 0.5) is 0 Å². The van der Waals surface area contributed by atoms with Crippen molar-refractivity contribution in [3.63, 3.8) is 0 Å². The topological polar surface area (TPSA) is 80.8 Å². The maximum Gasteiger partial charge on any atom is 0.222 e. The fourth-order valence-corrected chi connectivity index (χ4v) is 3.54. The van der Waals surface area contributed by atoms with Gasteiger partial charge in [0, 0.05) is 37.9 Å². The van der Waals surface area contributed by atoms with Crippen LogP contribution in [0.3, 0.4) is 0 Å². The molecule has 0 bridgehead atoms. The van der Waals surface area contributed by atoms with Crippen LogP contribution in [0.15, 0.2) is 10.9 Å². The van der Waals surface area contributed by atoms with Crippen LogP contribution in [0.5, 0.6) is 0 Å². The second-order valence-electron chi connectivity index (χ2n) is 6.10. The number of rotatable bonds is 7. The summed E-state index contributed by atoms with van der Waals surface area (Å²) in [5, 5.41) is 4.99. The predicted molar refractivity (Wildman–Crippen MR) is 88.5 cm³/mol. The minimum Gasteiger partial charge on any atom is -0.379 e. The number of likely N-dealkylation sites (tertiary alicyclic amines) is 1. The average molecular weight is 353 g/mol. The molecular formula is C16H23N3O4S. The monoisotopic (exact) mass is 353 g/mol. The Hall–Kier alpha value is -1.51. The molecule has 2 aliphatic rings. The number of nitrogens with zero attached hydrogens (tertiary/aromatic N) is 2. The van der Waals surface area contributed by atoms with Crippen molar-refractivity contribution in [2.45, 2.75) is 44.4 Å². The molecule has 24 heavy (non-hydrogen) atoms. The van der Waals surface area contributed by atoms with Crippen LogP contribution in [-0.2, 0) is 25.7 Å². The van der Waals surface area contributed by atoms with Crippen LogP contribution in [0.25, 0.3) is 0 Å². The molecule has 0 saturated carbocycles. The van der Waals surface area contributed by atoms with Gasteiger partial charge >= 0.3 is 0 Å². The van der Waals surface area contributed by atoms with Crippen LogP contribution in [0.2, 0.25) is 0 Å². The number of carbonyl (C=O) groups is 2. The molecule has 2 aliphatic heterocycles. The third kappa shape index (κ3) is 4.75. The lowest BCUT2D eigenvalue weighted by Crippen LogP contribution is -2.50. The Morgan fingerprint density at radius 1 is 1.54 bits per heavy atom. The number of nitrogens with one attached hydrogen (secondary N) is 1. The minimum absolute atomic E-state index is 0.0381. The molecule has 1 N–H and O–H groups in total. The highest BCUT2D eigenvalue weighted by atomic mass is 32.1. The van der Waals surface area contributed by atoms with Crippen molar-refractivity contribution in [1.82, 2.24) is 15.2 Å². The second kappa shape index (κ2) is 8.55. The quantitative estimate of drug-likeness (QED) is 0.789. The average Bonchev–Trinajstić information content (AvgIpc) is 3.24. The number of thiazole rings is 1. The fourth-order valence-electron chi connectivity index (χ4n) is 3.00. The van der Waals surface area contributed by atoms with E-state index < -0.39 is 0 Å². The number of carbonyl (C=O) groups excluding carboxylic acids is 2. The minimum atomic E-state index is -0.169. The second-order valence-corrected chi connectivity index (χ2v) is 6.82. The van der Waals surface area contributed by atoms with Crippen molar-refractivity contribution in [3.8, 4) is 0 Å². The number of hydrogen-bond donors (Lipinski definition) is 1. The zero-order valence-corrected chi connectivity index (χ0v) is 14.4. The van der Waals surface area contributed by atoms with Gasteiger partial charge < -0.3 is 19.7 Å². The van der Waals surface area contributed by atoms with Crippen LogP contribution >= 0.6 is 11.3 Å². The molecule has 7 nitrogen and oxygen atoms in total. The van der Waals surface area contributed by atoms with Gasteiger partial charge in [-0.25, -0.2) is 4.98 Å². The third-order valence-corrected chi connectivity index (χ3v) is 4.99. The van der Waals surface area contributed by atoms with Gasteiger partial charge in [0.05, 0.1) is 30.5 Å². The molecule has 0 aromatic carbocycles. The van der Waals surface area contributed by atoms with Gasteiger partial charge in [-0.1, -0.05) is 0 Å². The molecule has 2 fully saturated rings. The van der Waals surface area contributed by atoms with Crippen molar-refractivity contribution < 1.29 is 19.1 Å². The first-order valence-electron chi connectivity index (χ1n) is 8.36. The lowest BCUT2D eigenvalue weighted by Gasteiger charge is -2.32. The van der Waals surface area contributed by atoms with E-state index in [1.54, 1.807) is 10.4 Å². The molecule has 8 heteroatoms. The van der Waals surface area contributed by atoms with E-state index in [0.29, 0.717) is 39.2 Å². The van der Waals surface area contributed by atoms with E-state index in [1.807, 2.05) is 5.38 Å². The number of hydrogen-bond acceptors (Lipinski definition) is 6. The summed E-state index contributed by atoms with van der Waals surface area (Å²) in [5.41, 5.74) is 2.66. The molecule has 3 heterocycles. The van der Waals surface area contributed by atoms with Gasteiger partial charge in [-0.05, 0) is 12.8 Å². The summed E-state index contributed by atoms with van der Waals surface area (Å²) in [4.78, 5) is 29.7. The van der Waals surface area contributed by atoms with Gasteiger partial charge in [-0.15, -0.1) is 11.3 Å². The Kier molecular flexibility index (Phi) is 6.17. The Morgan fingerprint density at radius 3 is 3.21 bits per heavy atom. The van der Waals surface area contributed by atoms with E-state index >= 15 is 0 Å². The Labute approximate surface area is 145 Å². The lowest BCUT2D eigenvalue weighted by atomic mass is 10.1. The molecule has 1 aromatic heterocycles. The first kappa shape index (κ1) is 17.3. The van der Waals surface area contributed by atoms with E-state index in [0.717, 1.165) is 25.1 Å². The zero-order chi connectivity index (χ0) is 16.8. The Bertz CT molecular complexity index is 552. The number of ether oxygens (including phenoxy) is 2. The summed E-state index contributed by atoms with van der Waals surface area (Å²) >= 11 is 1.53. The van der Waals surface area contributed by atoms with Gasteiger partial charge in [-0.3, -0.25) is 9.59 Å². The van der Waals surface area contributed by atoms with Gasteiger partial charge in [0.15, 0.2) is 0 Å². The van der Waals surface area contributed by atoms with Crippen molar-refractivity contribution >= 4 is 23.2 Å². The van der Waals surface area contributed by atoms with Gasteiger partial charge in [0.25, 0.3) is 0 Å². The Morgan fingerprint density at radius 2 is 2.46 bits per heavy atom. The maximum absolute atomic E-state index is 12.2. The molecule has 2 amide bonds. The normalized spacial score (nSPS) is 24.3. The van der Waals surface area contributed by atoms with Crippen molar-refractivity contribution in [1.29, 1.82) is 0 Å². The smallest absolute Gasteiger partial charge is 0.222 e. The molecule has 2 saturated heterocycles. The maximum atomic E-state index is 12.2. The lowest BCUT2D eigenvalue weighted by molar-refractivity contribution is -0.129. The van der Waals surface area contributed by atoms with E-state index in [9.17, 15) is 9.59 Å². The van der Waals surface area contributed by atoms with Crippen LogP contribution in [0, 0.1) is 0 Å². The first-order chi connectivity index (χ1) is 11.7. The first-order valence-corrected chi connectivity index (χ1v) is 9.30. The van der Waals surface area contributed by atoms with E-state index in [-0.39, 0.29) is 24.0 Å². The van der Waals surface area contributed by atoms with Crippen molar-refractivity contribution in [2.75, 3.05) is 26.3 Å². The van der Waals surface area contributed by atoms with Crippen LogP contribution < -0.4 is 5.32 Å². The molecule has 1 aromatic rings. The zero-order valence-electron chi connectivity index (χ0n) is 13.6. The summed E-state index contributed by atoms with van der Waals surface area (Å²) in [5.74, 6) is 0.113. The summed E-state index contributed by atoms with van der Waals surface area (Å²) in [7, 11) is 0. The highest BCUT2D eigenvalue weighted by molar-refractivity contribution is 7.07. The standard InChI is InChI=1S/C16H23N3O4S/c20-15(3-6-19-5-1-2-16(19)21)18-13-4-7-22-9-14(13)23-8-12-10-24-11-17-12/h10-11,13-14H,1-9H2,(H,18,20). The third-order valence-electron chi connectivity index (χ3n) is 4.36. The molecule has 2 unspecified atom stereocenters. The summed E-state index contributed by atoms with van der Waals surface area (Å²) in [6, 6.07) is -0.0563. The highest BCUT2D eigenvalue weighted by Gasteiger charge is 2.28. The van der Waals surface area contributed by atoms with Gasteiger partial charge in [0.1, 0.15) is 6.10 Å². The molecule has 132 valence electrons. The molecular weight excluding hydrogens is 330 g/mol. The van der Waals surface area contributed by atoms with Crippen LogP contribution in [0.1, 0.15) is 31.4 Å². The molecule has 2 atom stereocenters. The van der Waals surface area contributed by atoms with E-state index in [1.165, 1.54) is 11.3 Å². The molecule has 0 aliphatic carbocycles. The summed E-state index contributed by atoms with van der Waals surface area (Å²) in [6.45, 7) is 2.78. The SMILES string of the molecule is O=C(CCN1CCCC1=O)NC1CCOCC1OCc1cscn1. The van der Waals surface area contributed by atoms with Gasteiger partial charge in [0.2, 0.25) is 11.8 Å². The molecule has 0 radical (unpaired) electrons. The van der Waals surface area contributed by atoms with E-state index in [4.69, 9.17) is 9.47 Å². The Balaban J connectivity index is 1.44. The highest BCUT2D eigenvalue weighted by Crippen LogP contribution is 2.15. The van der Waals surface area contributed by atoms with Gasteiger partial charge in [-0.2, -0.15) is 0 Å². The van der Waals surface area contributed by atoms with Crippen LogP contribution in [-0.4, -0.2) is 60.1 Å². The largest absolute Gasteiger partial charge is 0.379 e. The molecule has 0 spiro atoms. The van der Waals surface area contributed by atoms with Crippen molar-refractivity contribution in [3.05, 3.63) is 16.6 Å². The predicted octanol–water partition coefficient (Wildman–Crippen LogP) is 0.946. The summed E-state index contributed by atoms with van der Waals surface area (Å²) in [6.07, 6.45) is 2.40. The summed E-state index contributed by atoms with van der Waals surface area (Å²) < 4.78 is 11.3. The fraction of sp³-hybridized carbons (Fsp3) is 0.688.